The molecule has 122 valence electrons. The van der Waals surface area contributed by atoms with Crippen molar-refractivity contribution in [1.82, 2.24) is 10.6 Å². The Morgan fingerprint density at radius 1 is 1.23 bits per heavy atom. The van der Waals surface area contributed by atoms with Gasteiger partial charge in [0.25, 0.3) is 0 Å². The topological polar surface area (TPSA) is 41.1 Å². The van der Waals surface area contributed by atoms with Crippen LogP contribution in [-0.4, -0.2) is 18.0 Å². The zero-order valence-corrected chi connectivity index (χ0v) is 14.1. The number of carbonyl (C=O) groups is 1. The molecule has 2 aliphatic rings. The van der Waals surface area contributed by atoms with Crippen LogP contribution in [0.2, 0.25) is 0 Å². The minimum Gasteiger partial charge on any atom is -0.351 e. The van der Waals surface area contributed by atoms with E-state index in [2.05, 4.69) is 35.8 Å². The first kappa shape index (κ1) is 17.3. The first-order valence-corrected chi connectivity index (χ1v) is 8.38. The fourth-order valence-corrected chi connectivity index (χ4v) is 3.90. The number of hydrogen-bond acceptors (Lipinski definition) is 2. The average molecular weight is 323 g/mol. The van der Waals surface area contributed by atoms with Crippen LogP contribution in [0.15, 0.2) is 24.3 Å². The van der Waals surface area contributed by atoms with Gasteiger partial charge in [-0.15, -0.1) is 12.4 Å². The van der Waals surface area contributed by atoms with E-state index < -0.39 is 0 Å². The third kappa shape index (κ3) is 3.82. The fraction of sp³-hybridized carbons (Fsp3) is 0.611. The van der Waals surface area contributed by atoms with Crippen molar-refractivity contribution in [2.24, 2.45) is 5.92 Å². The monoisotopic (exact) mass is 322 g/mol. The largest absolute Gasteiger partial charge is 0.351 e. The van der Waals surface area contributed by atoms with Crippen LogP contribution in [0.5, 0.6) is 0 Å². The molecule has 1 aliphatic carbocycles. The van der Waals surface area contributed by atoms with E-state index >= 15 is 0 Å². The van der Waals surface area contributed by atoms with E-state index in [1.807, 2.05) is 6.07 Å². The SMILES string of the molecule is CCc1ccccc1CNC(=O)C1CC2CCCCC2N1.Cl. The smallest absolute Gasteiger partial charge is 0.237 e. The molecule has 1 saturated carbocycles. The van der Waals surface area contributed by atoms with Gasteiger partial charge in [-0.1, -0.05) is 44.0 Å². The molecular weight excluding hydrogens is 296 g/mol. The Morgan fingerprint density at radius 2 is 1.95 bits per heavy atom. The van der Waals surface area contributed by atoms with Gasteiger partial charge in [0, 0.05) is 12.6 Å². The van der Waals surface area contributed by atoms with Crippen molar-refractivity contribution in [3.63, 3.8) is 0 Å². The van der Waals surface area contributed by atoms with Gasteiger partial charge in [0.15, 0.2) is 0 Å². The van der Waals surface area contributed by atoms with Crippen LogP contribution < -0.4 is 10.6 Å². The Bertz CT molecular complexity index is 492. The Labute approximate surface area is 139 Å². The number of hydrogen-bond donors (Lipinski definition) is 2. The van der Waals surface area contributed by atoms with Gasteiger partial charge in [0.1, 0.15) is 0 Å². The van der Waals surface area contributed by atoms with Crippen molar-refractivity contribution >= 4 is 18.3 Å². The van der Waals surface area contributed by atoms with Crippen molar-refractivity contribution in [2.75, 3.05) is 0 Å². The van der Waals surface area contributed by atoms with Gasteiger partial charge in [-0.05, 0) is 42.7 Å². The van der Waals surface area contributed by atoms with Gasteiger partial charge in [0.05, 0.1) is 6.04 Å². The van der Waals surface area contributed by atoms with Crippen LogP contribution in [0, 0.1) is 5.92 Å². The third-order valence-electron chi connectivity index (χ3n) is 5.13. The van der Waals surface area contributed by atoms with Crippen molar-refractivity contribution < 1.29 is 4.79 Å². The second-order valence-corrected chi connectivity index (χ2v) is 6.45. The Balaban J connectivity index is 0.00000176. The first-order valence-electron chi connectivity index (χ1n) is 8.38. The highest BCUT2D eigenvalue weighted by atomic mass is 35.5. The lowest BCUT2D eigenvalue weighted by atomic mass is 9.85. The summed E-state index contributed by atoms with van der Waals surface area (Å²) < 4.78 is 0. The van der Waals surface area contributed by atoms with Crippen LogP contribution in [0.3, 0.4) is 0 Å². The summed E-state index contributed by atoms with van der Waals surface area (Å²) in [5.41, 5.74) is 2.56. The van der Waals surface area contributed by atoms with Crippen LogP contribution in [0.1, 0.15) is 50.2 Å². The second-order valence-electron chi connectivity index (χ2n) is 6.45. The lowest BCUT2D eigenvalue weighted by Gasteiger charge is -2.24. The van der Waals surface area contributed by atoms with Crippen molar-refractivity contribution in [2.45, 2.75) is 64.1 Å². The lowest BCUT2D eigenvalue weighted by molar-refractivity contribution is -0.123. The molecule has 0 spiro atoms. The molecule has 22 heavy (non-hydrogen) atoms. The maximum Gasteiger partial charge on any atom is 0.237 e. The maximum atomic E-state index is 12.4. The van der Waals surface area contributed by atoms with Crippen molar-refractivity contribution in [3.05, 3.63) is 35.4 Å². The quantitative estimate of drug-likeness (QED) is 0.893. The Morgan fingerprint density at radius 3 is 2.68 bits per heavy atom. The third-order valence-corrected chi connectivity index (χ3v) is 5.13. The number of fused-ring (bicyclic) bond motifs is 1. The van der Waals surface area contributed by atoms with Gasteiger partial charge in [0.2, 0.25) is 5.91 Å². The van der Waals surface area contributed by atoms with E-state index in [9.17, 15) is 4.79 Å². The summed E-state index contributed by atoms with van der Waals surface area (Å²) >= 11 is 0. The van der Waals surface area contributed by atoms with E-state index in [0.717, 1.165) is 18.8 Å². The number of amides is 1. The number of benzene rings is 1. The number of aryl methyl sites for hydroxylation is 1. The van der Waals surface area contributed by atoms with Crippen LogP contribution in [0.4, 0.5) is 0 Å². The minimum atomic E-state index is 0. The normalized spacial score (nSPS) is 26.9. The summed E-state index contributed by atoms with van der Waals surface area (Å²) in [5, 5.41) is 6.67. The van der Waals surface area contributed by atoms with Gasteiger partial charge in [-0.3, -0.25) is 4.79 Å². The molecule has 1 amide bonds. The predicted octanol–water partition coefficient (Wildman–Crippen LogP) is 3.21. The second kappa shape index (κ2) is 7.98. The summed E-state index contributed by atoms with van der Waals surface area (Å²) in [6, 6.07) is 8.96. The number of rotatable bonds is 4. The summed E-state index contributed by atoms with van der Waals surface area (Å²) in [6.07, 6.45) is 7.21. The van der Waals surface area contributed by atoms with E-state index in [1.54, 1.807) is 0 Å². The van der Waals surface area contributed by atoms with Crippen LogP contribution in [-0.2, 0) is 17.8 Å². The number of halogens is 1. The maximum absolute atomic E-state index is 12.4. The number of nitrogens with one attached hydrogen (secondary N) is 2. The minimum absolute atomic E-state index is 0. The Hall–Kier alpha value is -1.06. The molecule has 3 nitrogen and oxygen atoms in total. The molecule has 1 saturated heterocycles. The molecular formula is C18H27ClN2O. The highest BCUT2D eigenvalue weighted by molar-refractivity contribution is 5.85. The molecule has 2 N–H and O–H groups in total. The van der Waals surface area contributed by atoms with Gasteiger partial charge in [-0.2, -0.15) is 0 Å². The van der Waals surface area contributed by atoms with Gasteiger partial charge < -0.3 is 10.6 Å². The molecule has 1 aromatic rings. The van der Waals surface area contributed by atoms with Crippen molar-refractivity contribution in [1.29, 1.82) is 0 Å². The molecule has 4 heteroatoms. The van der Waals surface area contributed by atoms with E-state index in [1.165, 1.54) is 36.8 Å². The van der Waals surface area contributed by atoms with Crippen molar-refractivity contribution in [3.8, 4) is 0 Å². The molecule has 1 aromatic carbocycles. The zero-order chi connectivity index (χ0) is 14.7. The lowest BCUT2D eigenvalue weighted by Crippen LogP contribution is -2.43. The molecule has 1 aliphatic heterocycles. The standard InChI is InChI=1S/C18H26N2O.ClH/c1-2-13-7-3-4-9-15(13)12-19-18(21)17-11-14-8-5-6-10-16(14)20-17;/h3-4,7,9,14,16-17,20H,2,5-6,8,10-12H2,1H3,(H,19,21);1H. The van der Waals surface area contributed by atoms with Crippen LogP contribution in [0.25, 0.3) is 0 Å². The zero-order valence-electron chi connectivity index (χ0n) is 13.3. The highest BCUT2D eigenvalue weighted by Crippen LogP contribution is 2.33. The summed E-state index contributed by atoms with van der Waals surface area (Å²) in [6.45, 7) is 2.81. The molecule has 0 radical (unpaired) electrons. The molecule has 0 aromatic heterocycles. The van der Waals surface area contributed by atoms with E-state index in [-0.39, 0.29) is 24.4 Å². The van der Waals surface area contributed by atoms with Gasteiger partial charge in [-0.25, -0.2) is 0 Å². The van der Waals surface area contributed by atoms with E-state index in [0.29, 0.717) is 12.6 Å². The van der Waals surface area contributed by atoms with Gasteiger partial charge >= 0.3 is 0 Å². The molecule has 0 bridgehead atoms. The summed E-state index contributed by atoms with van der Waals surface area (Å²) in [5.74, 6) is 0.896. The van der Waals surface area contributed by atoms with E-state index in [4.69, 9.17) is 0 Å². The molecule has 3 unspecified atom stereocenters. The molecule has 1 heterocycles. The average Bonchev–Trinajstić information content (AvgIpc) is 2.97. The molecule has 3 rings (SSSR count). The fourth-order valence-electron chi connectivity index (χ4n) is 3.90. The van der Waals surface area contributed by atoms with Crippen LogP contribution >= 0.6 is 12.4 Å². The summed E-state index contributed by atoms with van der Waals surface area (Å²) in [4.78, 5) is 12.4. The molecule has 2 fully saturated rings. The summed E-state index contributed by atoms with van der Waals surface area (Å²) in [7, 11) is 0. The first-order chi connectivity index (χ1) is 10.3. The predicted molar refractivity (Wildman–Crippen MR) is 92.2 cm³/mol. The molecule has 3 atom stereocenters. The number of carbonyl (C=O) groups excluding carboxylic acids is 1. The Kier molecular flexibility index (Phi) is 6.27. The highest BCUT2D eigenvalue weighted by Gasteiger charge is 2.37.